The number of benzene rings is 2. The Morgan fingerprint density at radius 1 is 1.18 bits per heavy atom. The molecule has 0 aliphatic carbocycles. The van der Waals surface area contributed by atoms with Gasteiger partial charge in [-0.05, 0) is 41.1 Å². The minimum Gasteiger partial charge on any atom is -0.493 e. The average Bonchev–Trinajstić information content (AvgIpc) is 2.96. The summed E-state index contributed by atoms with van der Waals surface area (Å²) in [6, 6.07) is 13.4. The Balaban J connectivity index is 1.84. The molecule has 0 unspecified atom stereocenters. The smallest absolute Gasteiger partial charge is 0.293 e. The molecule has 1 aliphatic heterocycles. The van der Waals surface area contributed by atoms with Gasteiger partial charge in [0.1, 0.15) is 6.61 Å². The number of nitrogens with zero attached hydrogens (tertiary/aromatic N) is 1. The number of hydrogen-bond acceptors (Lipinski definition) is 5. The minimum atomic E-state index is -0.329. The van der Waals surface area contributed by atoms with E-state index in [1.165, 1.54) is 6.08 Å². The summed E-state index contributed by atoms with van der Waals surface area (Å²) in [6.07, 6.45) is 3.19. The van der Waals surface area contributed by atoms with Crippen LogP contribution in [0.1, 0.15) is 11.1 Å². The molecule has 5 nitrogen and oxygen atoms in total. The third-order valence-electron chi connectivity index (χ3n) is 3.99. The van der Waals surface area contributed by atoms with Crippen LogP contribution in [0.2, 0.25) is 0 Å². The number of amides is 2. The van der Waals surface area contributed by atoms with Gasteiger partial charge in [0.15, 0.2) is 11.5 Å². The fourth-order valence-corrected chi connectivity index (χ4v) is 3.87. The van der Waals surface area contributed by atoms with E-state index < -0.39 is 0 Å². The van der Waals surface area contributed by atoms with Gasteiger partial charge in [-0.2, -0.15) is 0 Å². The van der Waals surface area contributed by atoms with Gasteiger partial charge in [-0.3, -0.25) is 14.5 Å². The highest BCUT2D eigenvalue weighted by atomic mass is 79.9. The van der Waals surface area contributed by atoms with Crippen LogP contribution in [-0.4, -0.2) is 29.7 Å². The number of carbonyl (C=O) groups is 2. The highest BCUT2D eigenvalue weighted by molar-refractivity contribution is 9.10. The molecule has 1 aliphatic rings. The molecule has 0 spiro atoms. The van der Waals surface area contributed by atoms with Crippen LogP contribution in [0.3, 0.4) is 0 Å². The second-order valence-corrected chi connectivity index (χ2v) is 7.73. The summed E-state index contributed by atoms with van der Waals surface area (Å²) in [5, 5.41) is -0.304. The van der Waals surface area contributed by atoms with Crippen LogP contribution in [0.5, 0.6) is 11.5 Å². The van der Waals surface area contributed by atoms with Crippen LogP contribution in [0.15, 0.2) is 64.5 Å². The molecule has 2 aromatic rings. The minimum absolute atomic E-state index is 0.193. The molecule has 144 valence electrons. The van der Waals surface area contributed by atoms with Gasteiger partial charge in [0.25, 0.3) is 11.1 Å². The van der Waals surface area contributed by atoms with E-state index in [-0.39, 0.29) is 17.7 Å². The van der Waals surface area contributed by atoms with E-state index in [4.69, 9.17) is 9.47 Å². The third-order valence-corrected chi connectivity index (χ3v) is 5.59. The van der Waals surface area contributed by atoms with E-state index in [2.05, 4.69) is 22.5 Å². The lowest BCUT2D eigenvalue weighted by atomic mass is 10.1. The molecule has 3 rings (SSSR count). The Kier molecular flexibility index (Phi) is 6.59. The first-order chi connectivity index (χ1) is 13.5. The van der Waals surface area contributed by atoms with Crippen molar-refractivity contribution < 1.29 is 19.1 Å². The molecule has 0 N–H and O–H groups in total. The number of ether oxygens (including phenoxy) is 2. The summed E-state index contributed by atoms with van der Waals surface area (Å²) < 4.78 is 12.1. The van der Waals surface area contributed by atoms with E-state index in [0.29, 0.717) is 28.6 Å². The van der Waals surface area contributed by atoms with E-state index >= 15 is 0 Å². The summed E-state index contributed by atoms with van der Waals surface area (Å²) >= 11 is 4.42. The first kappa shape index (κ1) is 20.2. The Morgan fingerprint density at radius 3 is 2.61 bits per heavy atom. The molecule has 28 heavy (non-hydrogen) atoms. The summed E-state index contributed by atoms with van der Waals surface area (Å²) in [7, 11) is 1.56. The molecule has 2 aromatic carbocycles. The number of carbonyl (C=O) groups excluding carboxylic acids is 2. The largest absolute Gasteiger partial charge is 0.493 e. The first-order valence-electron chi connectivity index (χ1n) is 8.44. The number of rotatable bonds is 7. The second-order valence-electron chi connectivity index (χ2n) is 5.88. The quantitative estimate of drug-likeness (QED) is 0.417. The lowest BCUT2D eigenvalue weighted by Gasteiger charge is -2.13. The van der Waals surface area contributed by atoms with Gasteiger partial charge in [0, 0.05) is 11.0 Å². The van der Waals surface area contributed by atoms with Crippen molar-refractivity contribution in [2.24, 2.45) is 0 Å². The summed E-state index contributed by atoms with van der Waals surface area (Å²) in [4.78, 5) is 25.9. The van der Waals surface area contributed by atoms with E-state index in [1.807, 2.05) is 30.3 Å². The van der Waals surface area contributed by atoms with Crippen LogP contribution >= 0.6 is 27.7 Å². The van der Waals surface area contributed by atoms with Crippen LogP contribution < -0.4 is 9.47 Å². The number of halogens is 1. The van der Waals surface area contributed by atoms with Gasteiger partial charge < -0.3 is 9.47 Å². The predicted octanol–water partition coefficient (Wildman–Crippen LogP) is 5.26. The molecular weight excluding hydrogens is 442 g/mol. The maximum atomic E-state index is 12.4. The van der Waals surface area contributed by atoms with Gasteiger partial charge in [-0.15, -0.1) is 6.58 Å². The summed E-state index contributed by atoms with van der Waals surface area (Å²) in [5.74, 6) is 0.788. The zero-order chi connectivity index (χ0) is 20.1. The molecule has 0 bridgehead atoms. The first-order valence-corrected chi connectivity index (χ1v) is 10.0. The maximum Gasteiger partial charge on any atom is 0.293 e. The van der Waals surface area contributed by atoms with Crippen LogP contribution in [0.4, 0.5) is 4.79 Å². The Bertz CT molecular complexity index is 943. The Labute approximate surface area is 176 Å². The number of thioether (sulfide) groups is 1. The summed E-state index contributed by atoms with van der Waals surface area (Å²) in [5.41, 5.74) is 1.76. The molecule has 0 saturated carbocycles. The Hall–Kier alpha value is -2.51. The Morgan fingerprint density at radius 2 is 1.93 bits per heavy atom. The van der Waals surface area contributed by atoms with Crippen molar-refractivity contribution in [2.45, 2.75) is 6.61 Å². The second kappa shape index (κ2) is 9.12. The fraction of sp³-hybridized carbons (Fsp3) is 0.143. The third kappa shape index (κ3) is 4.48. The van der Waals surface area contributed by atoms with Crippen LogP contribution in [-0.2, 0) is 11.4 Å². The van der Waals surface area contributed by atoms with Crippen molar-refractivity contribution >= 4 is 44.9 Å². The molecule has 1 saturated heterocycles. The lowest BCUT2D eigenvalue weighted by Crippen LogP contribution is -2.27. The maximum absolute atomic E-state index is 12.4. The average molecular weight is 460 g/mol. The fourth-order valence-electron chi connectivity index (χ4n) is 2.60. The summed E-state index contributed by atoms with van der Waals surface area (Å²) in [6.45, 7) is 4.17. The molecular formula is C21H18BrNO4S. The van der Waals surface area contributed by atoms with Crippen LogP contribution in [0.25, 0.3) is 6.08 Å². The van der Waals surface area contributed by atoms with E-state index in [9.17, 15) is 9.59 Å². The van der Waals surface area contributed by atoms with Gasteiger partial charge in [0.2, 0.25) is 0 Å². The highest BCUT2D eigenvalue weighted by Gasteiger charge is 2.34. The number of imide groups is 1. The zero-order valence-electron chi connectivity index (χ0n) is 15.2. The van der Waals surface area contributed by atoms with Crippen molar-refractivity contribution in [1.82, 2.24) is 4.90 Å². The SMILES string of the molecule is C=CCN1C(=O)S/C(=C/c2cc(OC)c(OCc3ccccc3)cc2Br)C1=O. The van der Waals surface area contributed by atoms with Gasteiger partial charge in [-0.25, -0.2) is 0 Å². The van der Waals surface area contributed by atoms with Crippen molar-refractivity contribution in [2.75, 3.05) is 13.7 Å². The van der Waals surface area contributed by atoms with Crippen molar-refractivity contribution in [3.05, 3.63) is 75.6 Å². The van der Waals surface area contributed by atoms with Crippen LogP contribution in [0, 0.1) is 0 Å². The van der Waals surface area contributed by atoms with Crippen molar-refractivity contribution in [3.8, 4) is 11.5 Å². The zero-order valence-corrected chi connectivity index (χ0v) is 17.6. The van der Waals surface area contributed by atoms with Crippen molar-refractivity contribution in [1.29, 1.82) is 0 Å². The molecule has 2 amide bonds. The normalized spacial score (nSPS) is 15.2. The standard InChI is InChI=1S/C21H18BrNO4S/c1-3-9-23-20(24)19(28-21(23)25)11-15-10-17(26-2)18(12-16(15)22)27-13-14-7-5-4-6-8-14/h3-8,10-12H,1,9,13H2,2H3/b19-11+. The molecule has 7 heteroatoms. The topological polar surface area (TPSA) is 55.8 Å². The van der Waals surface area contributed by atoms with Crippen molar-refractivity contribution in [3.63, 3.8) is 0 Å². The molecule has 1 heterocycles. The van der Waals surface area contributed by atoms with E-state index in [1.54, 1.807) is 25.3 Å². The van der Waals surface area contributed by atoms with Gasteiger partial charge in [-0.1, -0.05) is 52.3 Å². The monoisotopic (exact) mass is 459 g/mol. The number of methoxy groups -OCH3 is 1. The number of hydrogen-bond donors (Lipinski definition) is 0. The lowest BCUT2D eigenvalue weighted by molar-refractivity contribution is -0.122. The molecule has 0 aromatic heterocycles. The molecule has 1 fully saturated rings. The van der Waals surface area contributed by atoms with Gasteiger partial charge in [0.05, 0.1) is 12.0 Å². The molecule has 0 radical (unpaired) electrons. The van der Waals surface area contributed by atoms with Gasteiger partial charge >= 0.3 is 0 Å². The predicted molar refractivity (Wildman–Crippen MR) is 114 cm³/mol. The highest BCUT2D eigenvalue weighted by Crippen LogP contribution is 2.38. The van der Waals surface area contributed by atoms with E-state index in [0.717, 1.165) is 26.7 Å². The molecule has 0 atom stereocenters.